The number of aryl methyl sites for hydroxylation is 2. The first-order valence-electron chi connectivity index (χ1n) is 10.4. The van der Waals surface area contributed by atoms with Crippen molar-refractivity contribution in [2.75, 3.05) is 0 Å². The third kappa shape index (κ3) is 3.50. The Kier molecular flexibility index (Phi) is 4.74. The minimum absolute atomic E-state index is 0.0108. The number of carbonyl (C=O) groups is 1. The van der Waals surface area contributed by atoms with Gasteiger partial charge in [-0.15, -0.1) is 11.3 Å². The van der Waals surface area contributed by atoms with E-state index in [2.05, 4.69) is 11.9 Å². The summed E-state index contributed by atoms with van der Waals surface area (Å²) >= 11 is 1.63. The van der Waals surface area contributed by atoms with Crippen LogP contribution in [-0.2, 0) is 30.7 Å². The fourth-order valence-electron chi connectivity index (χ4n) is 4.44. The maximum Gasteiger partial charge on any atom is 0.262 e. The summed E-state index contributed by atoms with van der Waals surface area (Å²) in [4.78, 5) is 35.0. The molecule has 1 saturated carbocycles. The van der Waals surface area contributed by atoms with Crippen LogP contribution in [0.4, 0.5) is 0 Å². The zero-order chi connectivity index (χ0) is 20.0. The van der Waals surface area contributed by atoms with E-state index in [4.69, 9.17) is 0 Å². The Morgan fingerprint density at radius 2 is 2.07 bits per heavy atom. The molecule has 5 rings (SSSR count). The molecule has 2 heterocycles. The van der Waals surface area contributed by atoms with Crippen molar-refractivity contribution >= 4 is 27.5 Å². The fourth-order valence-corrected chi connectivity index (χ4v) is 5.66. The Hall–Kier alpha value is -2.47. The highest BCUT2D eigenvalue weighted by atomic mass is 32.1. The number of rotatable bonds is 6. The van der Waals surface area contributed by atoms with Gasteiger partial charge in [0.2, 0.25) is 5.91 Å². The molecule has 0 radical (unpaired) electrons. The molecule has 0 spiro atoms. The normalized spacial score (nSPS) is 16.7. The molecule has 150 valence electrons. The highest BCUT2D eigenvalue weighted by molar-refractivity contribution is 7.18. The monoisotopic (exact) mass is 407 g/mol. The number of hydrogen-bond donors (Lipinski definition) is 0. The molecule has 1 aromatic carbocycles. The van der Waals surface area contributed by atoms with Crippen LogP contribution >= 0.6 is 11.3 Å². The fraction of sp³-hybridized carbons (Fsp3) is 0.435. The van der Waals surface area contributed by atoms with Crippen molar-refractivity contribution in [1.29, 1.82) is 0 Å². The Balaban J connectivity index is 1.44. The molecule has 1 fully saturated rings. The molecule has 2 aliphatic carbocycles. The molecule has 5 nitrogen and oxygen atoms in total. The number of aromatic nitrogens is 2. The number of amides is 1. The standard InChI is InChI=1S/C23H25N3O2S/c1-15(17-10-11-17)26(12-16-6-3-2-4-7-16)20(27)13-25-14-24-22-21(23(25)28)18-8-5-9-19(18)29-22/h2-4,6-7,14-15,17H,5,8-13H2,1H3. The van der Waals surface area contributed by atoms with Gasteiger partial charge < -0.3 is 4.90 Å². The molecule has 1 amide bonds. The van der Waals surface area contributed by atoms with Gasteiger partial charge in [-0.05, 0) is 56.1 Å². The van der Waals surface area contributed by atoms with Crippen LogP contribution in [0, 0.1) is 5.92 Å². The number of carbonyl (C=O) groups excluding carboxylic acids is 1. The largest absolute Gasteiger partial charge is 0.334 e. The van der Waals surface area contributed by atoms with E-state index in [1.165, 1.54) is 22.3 Å². The van der Waals surface area contributed by atoms with E-state index >= 15 is 0 Å². The SMILES string of the molecule is CC(C1CC1)N(Cc1ccccc1)C(=O)Cn1cnc2sc3c(c2c1=O)CCC3. The van der Waals surface area contributed by atoms with Gasteiger partial charge in [0.1, 0.15) is 11.4 Å². The van der Waals surface area contributed by atoms with Gasteiger partial charge in [-0.2, -0.15) is 0 Å². The van der Waals surface area contributed by atoms with Crippen LogP contribution in [-0.4, -0.2) is 26.4 Å². The van der Waals surface area contributed by atoms with Gasteiger partial charge in [0.05, 0.1) is 11.7 Å². The van der Waals surface area contributed by atoms with Gasteiger partial charge in [0.15, 0.2) is 0 Å². The molecule has 3 aromatic rings. The molecule has 0 aliphatic heterocycles. The average molecular weight is 408 g/mol. The van der Waals surface area contributed by atoms with Gasteiger partial charge >= 0.3 is 0 Å². The van der Waals surface area contributed by atoms with Crippen LogP contribution in [0.5, 0.6) is 0 Å². The van der Waals surface area contributed by atoms with Gasteiger partial charge in [-0.25, -0.2) is 4.98 Å². The third-order valence-corrected chi connectivity index (χ3v) is 7.51. The zero-order valence-electron chi connectivity index (χ0n) is 16.6. The summed E-state index contributed by atoms with van der Waals surface area (Å²) in [5.74, 6) is 0.559. The Morgan fingerprint density at radius 1 is 1.28 bits per heavy atom. The summed E-state index contributed by atoms with van der Waals surface area (Å²) in [6, 6.07) is 10.3. The van der Waals surface area contributed by atoms with Crippen LogP contribution in [0.3, 0.4) is 0 Å². The molecule has 0 saturated heterocycles. The number of fused-ring (bicyclic) bond motifs is 3. The first kappa shape index (κ1) is 18.6. The van der Waals surface area contributed by atoms with Crippen molar-refractivity contribution in [3.8, 4) is 0 Å². The predicted octanol–water partition coefficient (Wildman–Crippen LogP) is 3.77. The number of hydrogen-bond acceptors (Lipinski definition) is 4. The summed E-state index contributed by atoms with van der Waals surface area (Å²) < 4.78 is 1.51. The third-order valence-electron chi connectivity index (χ3n) is 6.31. The summed E-state index contributed by atoms with van der Waals surface area (Å²) in [6.45, 7) is 2.76. The second-order valence-electron chi connectivity index (χ2n) is 8.30. The minimum Gasteiger partial charge on any atom is -0.334 e. The Labute approximate surface area is 174 Å². The van der Waals surface area contributed by atoms with E-state index in [9.17, 15) is 9.59 Å². The maximum absolute atomic E-state index is 13.3. The second-order valence-corrected chi connectivity index (χ2v) is 9.38. The molecule has 2 aliphatic rings. The molecule has 6 heteroatoms. The Bertz CT molecular complexity index is 1110. The van der Waals surface area contributed by atoms with Crippen molar-refractivity contribution in [1.82, 2.24) is 14.5 Å². The van der Waals surface area contributed by atoms with Crippen LogP contribution in [0.1, 0.15) is 42.2 Å². The molecule has 1 unspecified atom stereocenters. The second kappa shape index (κ2) is 7.41. The molecular weight excluding hydrogens is 382 g/mol. The van der Waals surface area contributed by atoms with Crippen molar-refractivity contribution in [2.45, 2.75) is 58.2 Å². The van der Waals surface area contributed by atoms with E-state index in [0.29, 0.717) is 12.5 Å². The summed E-state index contributed by atoms with van der Waals surface area (Å²) in [5, 5.41) is 0.739. The molecule has 2 aromatic heterocycles. The topological polar surface area (TPSA) is 55.2 Å². The number of thiophene rings is 1. The first-order chi connectivity index (χ1) is 14.1. The van der Waals surface area contributed by atoms with Crippen LogP contribution in [0.25, 0.3) is 10.2 Å². The Morgan fingerprint density at radius 3 is 2.83 bits per heavy atom. The van der Waals surface area contributed by atoms with Crippen LogP contribution in [0.15, 0.2) is 41.5 Å². The smallest absolute Gasteiger partial charge is 0.262 e. The summed E-state index contributed by atoms with van der Waals surface area (Å²) in [6.07, 6.45) is 6.99. The van der Waals surface area contributed by atoms with Crippen molar-refractivity contribution in [3.63, 3.8) is 0 Å². The number of benzene rings is 1. The lowest BCUT2D eigenvalue weighted by Crippen LogP contribution is -2.42. The van der Waals surface area contributed by atoms with Crippen molar-refractivity contribution in [2.24, 2.45) is 5.92 Å². The molecule has 0 bridgehead atoms. The van der Waals surface area contributed by atoms with Gasteiger partial charge in [-0.3, -0.25) is 14.2 Å². The number of nitrogens with zero attached hydrogens (tertiary/aromatic N) is 3. The quantitative estimate of drug-likeness (QED) is 0.625. The van der Waals surface area contributed by atoms with E-state index in [0.717, 1.165) is 40.6 Å². The molecule has 0 N–H and O–H groups in total. The predicted molar refractivity (Wildman–Crippen MR) is 115 cm³/mol. The van der Waals surface area contributed by atoms with Crippen LogP contribution in [0.2, 0.25) is 0 Å². The van der Waals surface area contributed by atoms with Crippen molar-refractivity contribution < 1.29 is 4.79 Å². The average Bonchev–Trinajstić information content (AvgIpc) is 3.38. The van der Waals surface area contributed by atoms with Gasteiger partial charge in [0.25, 0.3) is 5.56 Å². The molecule has 29 heavy (non-hydrogen) atoms. The van der Waals surface area contributed by atoms with Gasteiger partial charge in [-0.1, -0.05) is 30.3 Å². The zero-order valence-corrected chi connectivity index (χ0v) is 17.5. The van der Waals surface area contributed by atoms with E-state index in [1.807, 2.05) is 35.2 Å². The highest BCUT2D eigenvalue weighted by Crippen LogP contribution is 2.36. The highest BCUT2D eigenvalue weighted by Gasteiger charge is 2.34. The minimum atomic E-state index is -0.0681. The van der Waals surface area contributed by atoms with E-state index in [1.54, 1.807) is 17.7 Å². The van der Waals surface area contributed by atoms with E-state index < -0.39 is 0 Å². The van der Waals surface area contributed by atoms with Crippen molar-refractivity contribution in [3.05, 3.63) is 63.0 Å². The first-order valence-corrected chi connectivity index (χ1v) is 11.3. The van der Waals surface area contributed by atoms with E-state index in [-0.39, 0.29) is 24.1 Å². The maximum atomic E-state index is 13.3. The summed E-state index contributed by atoms with van der Waals surface area (Å²) in [5.41, 5.74) is 2.21. The lowest BCUT2D eigenvalue weighted by Gasteiger charge is -2.30. The van der Waals surface area contributed by atoms with Crippen LogP contribution < -0.4 is 5.56 Å². The van der Waals surface area contributed by atoms with Gasteiger partial charge in [0, 0.05) is 17.5 Å². The lowest BCUT2D eigenvalue weighted by molar-refractivity contribution is -0.135. The molecular formula is C23H25N3O2S. The lowest BCUT2D eigenvalue weighted by atomic mass is 10.1. The molecule has 1 atom stereocenters. The summed E-state index contributed by atoms with van der Waals surface area (Å²) in [7, 11) is 0.